The maximum atomic E-state index is 6.14. The molecule has 0 saturated heterocycles. The lowest BCUT2D eigenvalue weighted by Crippen LogP contribution is -2.48. The van der Waals surface area contributed by atoms with Gasteiger partial charge < -0.3 is 10.5 Å². The minimum absolute atomic E-state index is 0.351. The van der Waals surface area contributed by atoms with Gasteiger partial charge in [0.15, 0.2) is 0 Å². The second-order valence-corrected chi connectivity index (χ2v) is 6.61. The highest BCUT2D eigenvalue weighted by Gasteiger charge is 2.35. The molecular weight excluding hydrogens is 236 g/mol. The Morgan fingerprint density at radius 3 is 2.47 bits per heavy atom. The fourth-order valence-electron chi connectivity index (χ4n) is 3.15. The summed E-state index contributed by atoms with van der Waals surface area (Å²) >= 11 is 0. The number of nitrogens with zero attached hydrogens (tertiary/aromatic N) is 1. The second kappa shape index (κ2) is 8.23. The van der Waals surface area contributed by atoms with Gasteiger partial charge in [0.2, 0.25) is 0 Å². The highest BCUT2D eigenvalue weighted by molar-refractivity contribution is 4.89. The van der Waals surface area contributed by atoms with Crippen LogP contribution in [0.15, 0.2) is 0 Å². The van der Waals surface area contributed by atoms with Crippen LogP contribution in [0.25, 0.3) is 0 Å². The lowest BCUT2D eigenvalue weighted by atomic mass is 9.70. The van der Waals surface area contributed by atoms with Crippen LogP contribution in [-0.2, 0) is 4.74 Å². The topological polar surface area (TPSA) is 38.5 Å². The lowest BCUT2D eigenvalue weighted by molar-refractivity contribution is 0.0526. The highest BCUT2D eigenvalue weighted by atomic mass is 16.5. The molecule has 0 spiro atoms. The van der Waals surface area contributed by atoms with Crippen LogP contribution in [0.1, 0.15) is 52.9 Å². The molecule has 1 aliphatic rings. The molecule has 1 fully saturated rings. The third kappa shape index (κ3) is 5.05. The summed E-state index contributed by atoms with van der Waals surface area (Å²) in [5, 5.41) is 0. The molecule has 0 bridgehead atoms. The number of hydrogen-bond acceptors (Lipinski definition) is 3. The molecule has 114 valence electrons. The van der Waals surface area contributed by atoms with Gasteiger partial charge in [-0.15, -0.1) is 0 Å². The maximum absolute atomic E-state index is 6.14. The zero-order valence-electron chi connectivity index (χ0n) is 13.5. The first kappa shape index (κ1) is 16.9. The van der Waals surface area contributed by atoms with E-state index in [0.717, 1.165) is 32.2 Å². The van der Waals surface area contributed by atoms with Gasteiger partial charge in [-0.1, -0.05) is 26.7 Å². The summed E-state index contributed by atoms with van der Waals surface area (Å²) in [4.78, 5) is 2.59. The van der Waals surface area contributed by atoms with E-state index in [9.17, 15) is 0 Å². The standard InChI is InChI=1S/C16H34N2O/c1-5-15(3)18(10-11-19-4)13-16(12-17)8-6-14(2)7-9-16/h14-15H,5-13,17H2,1-4H3. The summed E-state index contributed by atoms with van der Waals surface area (Å²) in [7, 11) is 1.79. The molecule has 2 N–H and O–H groups in total. The van der Waals surface area contributed by atoms with Crippen molar-refractivity contribution in [1.82, 2.24) is 4.90 Å². The Balaban J connectivity index is 2.63. The fraction of sp³-hybridized carbons (Fsp3) is 1.00. The maximum Gasteiger partial charge on any atom is 0.0589 e. The summed E-state index contributed by atoms with van der Waals surface area (Å²) in [5.41, 5.74) is 6.50. The number of nitrogens with two attached hydrogens (primary N) is 1. The van der Waals surface area contributed by atoms with Crippen molar-refractivity contribution in [2.24, 2.45) is 17.1 Å². The van der Waals surface area contributed by atoms with Crippen molar-refractivity contribution in [2.75, 3.05) is 33.4 Å². The first-order chi connectivity index (χ1) is 9.06. The van der Waals surface area contributed by atoms with Gasteiger partial charge in [-0.05, 0) is 44.1 Å². The van der Waals surface area contributed by atoms with Gasteiger partial charge in [-0.2, -0.15) is 0 Å². The molecule has 0 aromatic carbocycles. The van der Waals surface area contributed by atoms with Crippen LogP contribution < -0.4 is 5.73 Å². The van der Waals surface area contributed by atoms with Gasteiger partial charge in [-0.25, -0.2) is 0 Å². The predicted molar refractivity (Wildman–Crippen MR) is 82.3 cm³/mol. The second-order valence-electron chi connectivity index (χ2n) is 6.61. The molecule has 1 saturated carbocycles. The molecule has 3 nitrogen and oxygen atoms in total. The van der Waals surface area contributed by atoms with Gasteiger partial charge >= 0.3 is 0 Å². The Morgan fingerprint density at radius 2 is 2.00 bits per heavy atom. The zero-order chi connectivity index (χ0) is 14.3. The molecule has 0 aromatic rings. The van der Waals surface area contributed by atoms with E-state index in [2.05, 4.69) is 25.7 Å². The van der Waals surface area contributed by atoms with Gasteiger partial charge in [0.1, 0.15) is 0 Å². The van der Waals surface area contributed by atoms with Crippen LogP contribution in [0.2, 0.25) is 0 Å². The van der Waals surface area contributed by atoms with Gasteiger partial charge in [-0.3, -0.25) is 4.90 Å². The van der Waals surface area contributed by atoms with Crippen molar-refractivity contribution in [3.8, 4) is 0 Å². The van der Waals surface area contributed by atoms with Crippen LogP contribution in [0, 0.1) is 11.3 Å². The highest BCUT2D eigenvalue weighted by Crippen LogP contribution is 2.39. The molecule has 0 radical (unpaired) electrons. The predicted octanol–water partition coefficient (Wildman–Crippen LogP) is 2.89. The molecule has 0 amide bonds. The summed E-state index contributed by atoms with van der Waals surface area (Å²) in [6.45, 7) is 10.8. The minimum Gasteiger partial charge on any atom is -0.383 e. The molecule has 0 aliphatic heterocycles. The number of ether oxygens (including phenoxy) is 1. The number of hydrogen-bond donors (Lipinski definition) is 1. The summed E-state index contributed by atoms with van der Waals surface area (Å²) in [6, 6.07) is 0.623. The van der Waals surface area contributed by atoms with E-state index < -0.39 is 0 Å². The average molecular weight is 270 g/mol. The first-order valence-corrected chi connectivity index (χ1v) is 8.00. The van der Waals surface area contributed by atoms with E-state index in [1.165, 1.54) is 32.1 Å². The zero-order valence-corrected chi connectivity index (χ0v) is 13.5. The average Bonchev–Trinajstić information content (AvgIpc) is 2.45. The Hall–Kier alpha value is -0.120. The molecule has 3 heteroatoms. The van der Waals surface area contributed by atoms with E-state index >= 15 is 0 Å². The monoisotopic (exact) mass is 270 g/mol. The van der Waals surface area contributed by atoms with Crippen LogP contribution in [0.4, 0.5) is 0 Å². The van der Waals surface area contributed by atoms with Crippen LogP contribution >= 0.6 is 0 Å². The minimum atomic E-state index is 0.351. The molecule has 1 aliphatic carbocycles. The van der Waals surface area contributed by atoms with Crippen molar-refractivity contribution in [3.63, 3.8) is 0 Å². The van der Waals surface area contributed by atoms with E-state index in [4.69, 9.17) is 10.5 Å². The van der Waals surface area contributed by atoms with Crippen molar-refractivity contribution < 1.29 is 4.74 Å². The fourth-order valence-corrected chi connectivity index (χ4v) is 3.15. The molecule has 0 heterocycles. The molecule has 1 rings (SSSR count). The van der Waals surface area contributed by atoms with Crippen LogP contribution in [0.3, 0.4) is 0 Å². The van der Waals surface area contributed by atoms with Crippen molar-refractivity contribution in [2.45, 2.75) is 58.9 Å². The van der Waals surface area contributed by atoms with Crippen molar-refractivity contribution in [3.05, 3.63) is 0 Å². The van der Waals surface area contributed by atoms with Crippen LogP contribution in [0.5, 0.6) is 0 Å². The quantitative estimate of drug-likeness (QED) is 0.737. The van der Waals surface area contributed by atoms with Gasteiger partial charge in [0, 0.05) is 26.2 Å². The number of methoxy groups -OCH3 is 1. The molecule has 1 unspecified atom stereocenters. The Morgan fingerprint density at radius 1 is 1.37 bits per heavy atom. The van der Waals surface area contributed by atoms with E-state index in [-0.39, 0.29) is 0 Å². The van der Waals surface area contributed by atoms with Crippen molar-refractivity contribution >= 4 is 0 Å². The summed E-state index contributed by atoms with van der Waals surface area (Å²) in [6.07, 6.45) is 6.47. The van der Waals surface area contributed by atoms with E-state index in [0.29, 0.717) is 11.5 Å². The summed E-state index contributed by atoms with van der Waals surface area (Å²) < 4.78 is 5.27. The lowest BCUT2D eigenvalue weighted by Gasteiger charge is -2.43. The van der Waals surface area contributed by atoms with Gasteiger partial charge in [0.05, 0.1) is 6.61 Å². The van der Waals surface area contributed by atoms with Crippen molar-refractivity contribution in [1.29, 1.82) is 0 Å². The normalized spacial score (nSPS) is 29.7. The molecule has 1 atom stereocenters. The SMILES string of the molecule is CCC(C)N(CCOC)CC1(CN)CCC(C)CC1. The third-order valence-corrected chi connectivity index (χ3v) is 5.10. The largest absolute Gasteiger partial charge is 0.383 e. The third-order valence-electron chi connectivity index (χ3n) is 5.10. The van der Waals surface area contributed by atoms with E-state index in [1.54, 1.807) is 7.11 Å². The Kier molecular flexibility index (Phi) is 7.33. The first-order valence-electron chi connectivity index (χ1n) is 8.00. The van der Waals surface area contributed by atoms with Gasteiger partial charge in [0.25, 0.3) is 0 Å². The molecule has 0 aromatic heterocycles. The molecular formula is C16H34N2O. The Bertz CT molecular complexity index is 237. The smallest absolute Gasteiger partial charge is 0.0589 e. The van der Waals surface area contributed by atoms with E-state index in [1.807, 2.05) is 0 Å². The molecule has 19 heavy (non-hydrogen) atoms. The Labute approximate surface area is 119 Å². The number of rotatable bonds is 8. The van der Waals surface area contributed by atoms with Crippen LogP contribution in [-0.4, -0.2) is 44.3 Å². The summed E-state index contributed by atoms with van der Waals surface area (Å²) in [5.74, 6) is 0.885.